The number of benzene rings is 3. The normalized spacial score (nSPS) is 12.6. The lowest BCUT2D eigenvalue weighted by molar-refractivity contribution is 1.44. The van der Waals surface area contributed by atoms with Crippen LogP contribution in [0.4, 0.5) is 0 Å². The largest absolute Gasteiger partial charge is 0.404 e. The number of rotatable bonds is 5. The molecule has 0 atom stereocenters. The van der Waals surface area contributed by atoms with Gasteiger partial charge in [0.05, 0.1) is 12.1 Å². The van der Waals surface area contributed by atoms with Gasteiger partial charge in [-0.3, -0.25) is 0 Å². The summed E-state index contributed by atoms with van der Waals surface area (Å²) in [6, 6.07) is 20.6. The highest BCUT2D eigenvalue weighted by atomic mass is 32.1. The van der Waals surface area contributed by atoms with Crippen LogP contribution in [0.2, 0.25) is 0 Å². The molecule has 0 unspecified atom stereocenters. The second kappa shape index (κ2) is 8.96. The Balaban J connectivity index is 2.02. The molecule has 0 saturated heterocycles. The molecule has 5 heteroatoms. The number of allylic oxidation sites excluding steroid dienone is 6. The molecule has 4 rings (SSSR count). The summed E-state index contributed by atoms with van der Waals surface area (Å²) in [6.07, 6.45) is 6.22. The topological polar surface area (TPSA) is 97.5 Å². The lowest BCUT2D eigenvalue weighted by Gasteiger charge is -2.09. The van der Waals surface area contributed by atoms with E-state index in [1.54, 1.807) is 30.4 Å². The average Bonchev–Trinajstić information content (AvgIpc) is 3.22. The molecule has 1 heterocycles. The van der Waals surface area contributed by atoms with E-state index in [0.29, 0.717) is 16.7 Å². The van der Waals surface area contributed by atoms with E-state index < -0.39 is 0 Å². The van der Waals surface area contributed by atoms with E-state index in [-0.39, 0.29) is 0 Å². The number of fused-ring (bicyclic) bond motifs is 5. The quantitative estimate of drug-likeness (QED) is 0.195. The molecule has 3 N–H and O–H groups in total. The summed E-state index contributed by atoms with van der Waals surface area (Å²) in [5, 5.41) is 30.6. The number of hydrogen-bond donors (Lipinski definition) is 2. The molecule has 0 bridgehead atoms. The van der Waals surface area contributed by atoms with E-state index in [1.807, 2.05) is 30.3 Å². The Morgan fingerprint density at radius 1 is 0.970 bits per heavy atom. The zero-order chi connectivity index (χ0) is 23.5. The lowest BCUT2D eigenvalue weighted by Crippen LogP contribution is -1.90. The van der Waals surface area contributed by atoms with Crippen LogP contribution in [0.25, 0.3) is 42.1 Å². The van der Waals surface area contributed by atoms with Crippen LogP contribution in [0.3, 0.4) is 0 Å². The van der Waals surface area contributed by atoms with Gasteiger partial charge in [-0.2, -0.15) is 10.5 Å². The molecule has 0 fully saturated rings. The van der Waals surface area contributed by atoms with Gasteiger partial charge >= 0.3 is 0 Å². The lowest BCUT2D eigenvalue weighted by atomic mass is 9.94. The minimum Gasteiger partial charge on any atom is -0.404 e. The van der Waals surface area contributed by atoms with Crippen LogP contribution in [0.15, 0.2) is 84.6 Å². The first-order valence-corrected chi connectivity index (χ1v) is 11.0. The Labute approximate surface area is 196 Å². The van der Waals surface area contributed by atoms with Crippen LogP contribution in [0, 0.1) is 28.1 Å². The number of thiophene rings is 1. The SMILES string of the molecule is C=C(C#N)/C=C(\C=N)c1cc2sc3cc(C(/C=C(\C)C#N)=C/N)ccc3c2c2ccccc12. The molecular weight excluding hydrogens is 424 g/mol. The van der Waals surface area contributed by atoms with Crippen LogP contribution < -0.4 is 5.73 Å². The molecule has 4 aromatic rings. The van der Waals surface area contributed by atoms with Crippen molar-refractivity contribution in [3.05, 3.63) is 95.7 Å². The van der Waals surface area contributed by atoms with Crippen molar-refractivity contribution in [2.45, 2.75) is 6.92 Å². The third-order valence-corrected chi connectivity index (χ3v) is 6.58. The van der Waals surface area contributed by atoms with Gasteiger partial charge in [-0.15, -0.1) is 11.3 Å². The van der Waals surface area contributed by atoms with Crippen molar-refractivity contribution in [1.82, 2.24) is 0 Å². The van der Waals surface area contributed by atoms with Gasteiger partial charge < -0.3 is 11.1 Å². The van der Waals surface area contributed by atoms with E-state index in [1.165, 1.54) is 12.4 Å². The minimum absolute atomic E-state index is 0.306. The van der Waals surface area contributed by atoms with Gasteiger partial charge in [0.1, 0.15) is 0 Å². The monoisotopic (exact) mass is 444 g/mol. The number of hydrogen-bond acceptors (Lipinski definition) is 5. The van der Waals surface area contributed by atoms with E-state index in [2.05, 4.69) is 36.9 Å². The highest BCUT2D eigenvalue weighted by molar-refractivity contribution is 7.26. The van der Waals surface area contributed by atoms with E-state index in [0.717, 1.165) is 47.6 Å². The summed E-state index contributed by atoms with van der Waals surface area (Å²) >= 11 is 1.67. The van der Waals surface area contributed by atoms with Crippen molar-refractivity contribution in [3.63, 3.8) is 0 Å². The molecule has 0 aliphatic heterocycles. The maximum Gasteiger partial charge on any atom is 0.0985 e. The van der Waals surface area contributed by atoms with Gasteiger partial charge in [-0.1, -0.05) is 43.0 Å². The summed E-state index contributed by atoms with van der Waals surface area (Å²) in [6.45, 7) is 5.50. The van der Waals surface area contributed by atoms with E-state index >= 15 is 0 Å². The summed E-state index contributed by atoms with van der Waals surface area (Å²) in [5.74, 6) is 0. The van der Waals surface area contributed by atoms with Crippen LogP contribution in [0.1, 0.15) is 18.1 Å². The predicted molar refractivity (Wildman–Crippen MR) is 140 cm³/mol. The zero-order valence-corrected chi connectivity index (χ0v) is 18.8. The third kappa shape index (κ3) is 3.94. The average molecular weight is 445 g/mol. The van der Waals surface area contributed by atoms with Gasteiger partial charge in [0.25, 0.3) is 0 Å². The number of nitriles is 2. The van der Waals surface area contributed by atoms with E-state index in [9.17, 15) is 0 Å². The zero-order valence-electron chi connectivity index (χ0n) is 18.0. The van der Waals surface area contributed by atoms with Gasteiger partial charge in [0.2, 0.25) is 0 Å². The second-order valence-electron chi connectivity index (χ2n) is 7.60. The van der Waals surface area contributed by atoms with Crippen molar-refractivity contribution >= 4 is 59.6 Å². The molecule has 4 nitrogen and oxygen atoms in total. The van der Waals surface area contributed by atoms with Crippen molar-refractivity contribution in [1.29, 1.82) is 15.9 Å². The number of nitrogens with zero attached hydrogens (tertiary/aromatic N) is 2. The fraction of sp³-hybridized carbons (Fsp3) is 0.0357. The summed E-state index contributed by atoms with van der Waals surface area (Å²) < 4.78 is 2.20. The minimum atomic E-state index is 0.306. The molecule has 1 aromatic heterocycles. The Kier molecular flexibility index (Phi) is 5.91. The summed E-state index contributed by atoms with van der Waals surface area (Å²) in [4.78, 5) is 0. The molecule has 158 valence electrons. The Bertz CT molecular complexity index is 1630. The first-order chi connectivity index (χ1) is 16.0. The molecule has 0 aliphatic rings. The molecule has 0 spiro atoms. The predicted octanol–water partition coefficient (Wildman–Crippen LogP) is 7.09. The highest BCUT2D eigenvalue weighted by Gasteiger charge is 2.15. The third-order valence-electron chi connectivity index (χ3n) is 5.48. The highest BCUT2D eigenvalue weighted by Crippen LogP contribution is 2.42. The second-order valence-corrected chi connectivity index (χ2v) is 8.68. The molecule has 0 saturated carbocycles. The Morgan fingerprint density at radius 3 is 2.39 bits per heavy atom. The smallest absolute Gasteiger partial charge is 0.0985 e. The molecule has 0 aliphatic carbocycles. The standard InChI is InChI=1S/C28H20N4S/c1-17(13-29)9-20(15-31)19-7-8-24-26(11-19)33-27-12-25(21(16-32)10-18(2)14-30)22-5-3-4-6-23(22)28(24)27/h3-12,15-16,32H,2,31H2,1H3/b17-9+,20-15+,21-10+,32-16?. The molecule has 33 heavy (non-hydrogen) atoms. The molecular formula is C28H20N4S. The fourth-order valence-electron chi connectivity index (χ4n) is 3.97. The van der Waals surface area contributed by atoms with Gasteiger partial charge in [0.15, 0.2) is 0 Å². The first-order valence-electron chi connectivity index (χ1n) is 10.2. The van der Waals surface area contributed by atoms with Crippen molar-refractivity contribution in [2.75, 3.05) is 0 Å². The van der Waals surface area contributed by atoms with Crippen LogP contribution in [-0.2, 0) is 0 Å². The van der Waals surface area contributed by atoms with E-state index in [4.69, 9.17) is 21.7 Å². The van der Waals surface area contributed by atoms with Crippen LogP contribution in [-0.4, -0.2) is 6.21 Å². The Morgan fingerprint density at radius 2 is 1.73 bits per heavy atom. The van der Waals surface area contributed by atoms with Gasteiger partial charge in [-0.25, -0.2) is 0 Å². The van der Waals surface area contributed by atoms with Crippen molar-refractivity contribution < 1.29 is 0 Å². The van der Waals surface area contributed by atoms with Crippen molar-refractivity contribution in [2.24, 2.45) is 5.73 Å². The Hall–Kier alpha value is -4.45. The number of nitrogens with two attached hydrogens (primary N) is 1. The molecule has 0 amide bonds. The van der Waals surface area contributed by atoms with Crippen molar-refractivity contribution in [3.8, 4) is 12.1 Å². The van der Waals surface area contributed by atoms with Crippen LogP contribution in [0.5, 0.6) is 0 Å². The maximum absolute atomic E-state index is 9.17. The molecule has 3 aromatic carbocycles. The van der Waals surface area contributed by atoms with Gasteiger partial charge in [-0.05, 0) is 58.7 Å². The van der Waals surface area contributed by atoms with Crippen LogP contribution >= 0.6 is 11.3 Å². The number of nitrogens with one attached hydrogen (secondary N) is 1. The first kappa shape index (κ1) is 21.8. The summed E-state index contributed by atoms with van der Waals surface area (Å²) in [7, 11) is 0. The molecule has 0 radical (unpaired) electrons. The van der Waals surface area contributed by atoms with Gasteiger partial charge in [0, 0.05) is 49.3 Å². The fourth-order valence-corrected chi connectivity index (χ4v) is 5.17. The maximum atomic E-state index is 9.17. The summed E-state index contributed by atoms with van der Waals surface area (Å²) in [5.41, 5.74) is 10.0.